The lowest BCUT2D eigenvalue weighted by Crippen LogP contribution is -2.11. The fourth-order valence-electron chi connectivity index (χ4n) is 1.48. The van der Waals surface area contributed by atoms with Crippen molar-refractivity contribution in [3.63, 3.8) is 0 Å². The molecule has 0 aliphatic rings. The van der Waals surface area contributed by atoms with E-state index in [1.54, 1.807) is 7.11 Å². The molecule has 0 fully saturated rings. The van der Waals surface area contributed by atoms with Gasteiger partial charge in [0.05, 0.1) is 18.1 Å². The standard InChI is InChI=1S/C12H14BrN3O2/c1-3-14-7-11-15-12(16-18-11)8-4-5-10(17-2)9(13)6-8/h4-6,14H,3,7H2,1-2H3. The van der Waals surface area contributed by atoms with Gasteiger partial charge < -0.3 is 14.6 Å². The average Bonchev–Trinajstić information content (AvgIpc) is 2.85. The van der Waals surface area contributed by atoms with Crippen LogP contribution in [0.15, 0.2) is 27.2 Å². The summed E-state index contributed by atoms with van der Waals surface area (Å²) >= 11 is 3.43. The summed E-state index contributed by atoms with van der Waals surface area (Å²) in [5, 5.41) is 7.08. The van der Waals surface area contributed by atoms with Crippen molar-refractivity contribution in [3.05, 3.63) is 28.6 Å². The van der Waals surface area contributed by atoms with E-state index in [-0.39, 0.29) is 0 Å². The summed E-state index contributed by atoms with van der Waals surface area (Å²) in [4.78, 5) is 4.31. The van der Waals surface area contributed by atoms with Gasteiger partial charge in [-0.3, -0.25) is 0 Å². The third-order valence-electron chi connectivity index (χ3n) is 2.40. The molecule has 2 rings (SSSR count). The molecule has 1 aromatic carbocycles. The number of aromatic nitrogens is 2. The Morgan fingerprint density at radius 2 is 2.28 bits per heavy atom. The molecular formula is C12H14BrN3O2. The molecule has 2 aromatic rings. The van der Waals surface area contributed by atoms with E-state index >= 15 is 0 Å². The first-order chi connectivity index (χ1) is 8.74. The zero-order valence-corrected chi connectivity index (χ0v) is 11.8. The Labute approximate surface area is 114 Å². The third-order valence-corrected chi connectivity index (χ3v) is 3.02. The van der Waals surface area contributed by atoms with Crippen molar-refractivity contribution in [2.75, 3.05) is 13.7 Å². The Morgan fingerprint density at radius 1 is 1.44 bits per heavy atom. The molecule has 0 saturated heterocycles. The first-order valence-electron chi connectivity index (χ1n) is 5.61. The first-order valence-corrected chi connectivity index (χ1v) is 6.41. The SMILES string of the molecule is CCNCc1nc(-c2ccc(OC)c(Br)c2)no1. The fraction of sp³-hybridized carbons (Fsp3) is 0.333. The first kappa shape index (κ1) is 13.0. The zero-order valence-electron chi connectivity index (χ0n) is 10.2. The molecular weight excluding hydrogens is 298 g/mol. The number of rotatable bonds is 5. The Morgan fingerprint density at radius 3 is 2.94 bits per heavy atom. The molecule has 1 aromatic heterocycles. The monoisotopic (exact) mass is 311 g/mol. The maximum Gasteiger partial charge on any atom is 0.240 e. The van der Waals surface area contributed by atoms with Crippen LogP contribution in [0.3, 0.4) is 0 Å². The molecule has 0 amide bonds. The van der Waals surface area contributed by atoms with Crippen molar-refractivity contribution in [1.29, 1.82) is 0 Å². The molecule has 0 saturated carbocycles. The molecule has 96 valence electrons. The number of benzene rings is 1. The topological polar surface area (TPSA) is 60.2 Å². The molecule has 1 heterocycles. The second-order valence-corrected chi connectivity index (χ2v) is 4.50. The Balaban J connectivity index is 2.20. The highest BCUT2D eigenvalue weighted by Crippen LogP contribution is 2.29. The summed E-state index contributed by atoms with van der Waals surface area (Å²) in [7, 11) is 1.63. The molecule has 0 atom stereocenters. The quantitative estimate of drug-likeness (QED) is 0.919. The number of nitrogens with one attached hydrogen (secondary N) is 1. The van der Waals surface area contributed by atoms with Crippen molar-refractivity contribution in [2.45, 2.75) is 13.5 Å². The normalized spacial score (nSPS) is 10.6. The van der Waals surface area contributed by atoms with Crippen molar-refractivity contribution in [1.82, 2.24) is 15.5 Å². The molecule has 18 heavy (non-hydrogen) atoms. The molecule has 6 heteroatoms. The van der Waals surface area contributed by atoms with Crippen LogP contribution in [-0.2, 0) is 6.54 Å². The lowest BCUT2D eigenvalue weighted by atomic mass is 10.2. The summed E-state index contributed by atoms with van der Waals surface area (Å²) in [6.45, 7) is 3.48. The molecule has 0 aliphatic heterocycles. The predicted molar refractivity (Wildman–Crippen MR) is 71.4 cm³/mol. The van der Waals surface area contributed by atoms with Gasteiger partial charge in [0, 0.05) is 5.56 Å². The Bertz CT molecular complexity index is 528. The minimum atomic E-state index is 0.575. The minimum absolute atomic E-state index is 0.575. The van der Waals surface area contributed by atoms with E-state index in [4.69, 9.17) is 9.26 Å². The van der Waals surface area contributed by atoms with E-state index < -0.39 is 0 Å². The minimum Gasteiger partial charge on any atom is -0.496 e. The van der Waals surface area contributed by atoms with Crippen LogP contribution >= 0.6 is 15.9 Å². The van der Waals surface area contributed by atoms with Crippen molar-refractivity contribution in [3.8, 4) is 17.1 Å². The highest BCUT2D eigenvalue weighted by molar-refractivity contribution is 9.10. The lowest BCUT2D eigenvalue weighted by molar-refractivity contribution is 0.369. The van der Waals surface area contributed by atoms with E-state index in [1.165, 1.54) is 0 Å². The molecule has 0 bridgehead atoms. The summed E-state index contributed by atoms with van der Waals surface area (Å²) in [5.74, 6) is 1.93. The van der Waals surface area contributed by atoms with Gasteiger partial charge in [0.2, 0.25) is 11.7 Å². The van der Waals surface area contributed by atoms with Crippen LogP contribution in [0.5, 0.6) is 5.75 Å². The summed E-state index contributed by atoms with van der Waals surface area (Å²) in [6, 6.07) is 5.66. The van der Waals surface area contributed by atoms with Gasteiger partial charge in [-0.1, -0.05) is 12.1 Å². The van der Waals surface area contributed by atoms with Crippen LogP contribution in [-0.4, -0.2) is 23.8 Å². The number of halogens is 1. The third kappa shape index (κ3) is 2.88. The van der Waals surface area contributed by atoms with Gasteiger partial charge in [-0.15, -0.1) is 0 Å². The van der Waals surface area contributed by atoms with E-state index in [1.807, 2.05) is 25.1 Å². The van der Waals surface area contributed by atoms with E-state index in [0.717, 1.165) is 22.3 Å². The van der Waals surface area contributed by atoms with Gasteiger partial charge in [-0.25, -0.2) is 0 Å². The Hall–Kier alpha value is -1.40. The van der Waals surface area contributed by atoms with Crippen LogP contribution in [0.1, 0.15) is 12.8 Å². The highest BCUT2D eigenvalue weighted by Gasteiger charge is 2.10. The highest BCUT2D eigenvalue weighted by atomic mass is 79.9. The fourth-order valence-corrected chi connectivity index (χ4v) is 2.02. The van der Waals surface area contributed by atoms with Crippen LogP contribution in [0.2, 0.25) is 0 Å². The molecule has 0 aliphatic carbocycles. The molecule has 0 radical (unpaired) electrons. The van der Waals surface area contributed by atoms with Crippen LogP contribution in [0.4, 0.5) is 0 Å². The van der Waals surface area contributed by atoms with Crippen molar-refractivity contribution < 1.29 is 9.26 Å². The average molecular weight is 312 g/mol. The number of hydrogen-bond acceptors (Lipinski definition) is 5. The van der Waals surface area contributed by atoms with Crippen LogP contribution < -0.4 is 10.1 Å². The predicted octanol–water partition coefficient (Wildman–Crippen LogP) is 2.62. The number of nitrogens with zero attached hydrogens (tertiary/aromatic N) is 2. The van der Waals surface area contributed by atoms with Crippen LogP contribution in [0.25, 0.3) is 11.4 Å². The molecule has 5 nitrogen and oxygen atoms in total. The maximum atomic E-state index is 5.17. The van der Waals surface area contributed by atoms with Gasteiger partial charge in [-0.2, -0.15) is 4.98 Å². The van der Waals surface area contributed by atoms with E-state index in [9.17, 15) is 0 Å². The summed E-state index contributed by atoms with van der Waals surface area (Å²) < 4.78 is 11.2. The number of hydrogen-bond donors (Lipinski definition) is 1. The van der Waals surface area contributed by atoms with E-state index in [2.05, 4.69) is 31.4 Å². The van der Waals surface area contributed by atoms with Gasteiger partial charge in [-0.05, 0) is 40.7 Å². The largest absolute Gasteiger partial charge is 0.496 e. The summed E-state index contributed by atoms with van der Waals surface area (Å²) in [6.07, 6.45) is 0. The maximum absolute atomic E-state index is 5.17. The number of ether oxygens (including phenoxy) is 1. The summed E-state index contributed by atoms with van der Waals surface area (Å²) in [5.41, 5.74) is 0.883. The molecule has 0 spiro atoms. The smallest absolute Gasteiger partial charge is 0.240 e. The number of methoxy groups -OCH3 is 1. The van der Waals surface area contributed by atoms with Gasteiger partial charge in [0.1, 0.15) is 5.75 Å². The zero-order chi connectivity index (χ0) is 13.0. The van der Waals surface area contributed by atoms with Crippen LogP contribution in [0, 0.1) is 0 Å². The van der Waals surface area contributed by atoms with Gasteiger partial charge in [0.15, 0.2) is 0 Å². The Kier molecular flexibility index (Phi) is 4.33. The second-order valence-electron chi connectivity index (χ2n) is 3.64. The van der Waals surface area contributed by atoms with Crippen molar-refractivity contribution in [2.24, 2.45) is 0 Å². The molecule has 0 unspecified atom stereocenters. The van der Waals surface area contributed by atoms with E-state index in [0.29, 0.717) is 18.3 Å². The molecule has 1 N–H and O–H groups in total. The lowest BCUT2D eigenvalue weighted by Gasteiger charge is -2.03. The second kappa shape index (κ2) is 5.97. The van der Waals surface area contributed by atoms with Gasteiger partial charge in [0.25, 0.3) is 0 Å². The van der Waals surface area contributed by atoms with Gasteiger partial charge >= 0.3 is 0 Å². The van der Waals surface area contributed by atoms with Crippen molar-refractivity contribution >= 4 is 15.9 Å².